The molecule has 31 heavy (non-hydrogen) atoms. The molecule has 0 spiro atoms. The van der Waals surface area contributed by atoms with Gasteiger partial charge in [0.25, 0.3) is 33.7 Å². The minimum atomic E-state index is -4.92. The molecule has 0 bridgehead atoms. The van der Waals surface area contributed by atoms with E-state index in [1.807, 2.05) is 0 Å². The minimum Gasteiger partial charge on any atom is -0.480 e. The molecule has 4 amide bonds. The molecule has 1 atom stereocenters. The molecule has 1 aliphatic carbocycles. The number of hydroxylamine groups is 2. The van der Waals surface area contributed by atoms with Gasteiger partial charge in [-0.25, -0.2) is 4.79 Å². The van der Waals surface area contributed by atoms with Gasteiger partial charge in [-0.15, -0.1) is 5.06 Å². The number of nitrogens with zero attached hydrogens (tertiary/aromatic N) is 2. The van der Waals surface area contributed by atoms with Crippen molar-refractivity contribution in [2.24, 2.45) is 11.3 Å². The molecule has 3 rings (SSSR count). The predicted molar refractivity (Wildman–Crippen MR) is 95.8 cm³/mol. The number of amides is 4. The first-order valence-corrected chi connectivity index (χ1v) is 10.7. The molecule has 1 saturated carbocycles. The maximum absolute atomic E-state index is 12.6. The third-order valence-corrected chi connectivity index (χ3v) is 6.78. The topological polar surface area (TPSA) is 193 Å². The van der Waals surface area contributed by atoms with Gasteiger partial charge in [0.05, 0.1) is 6.42 Å². The molecule has 2 N–H and O–H groups in total. The summed E-state index contributed by atoms with van der Waals surface area (Å²) in [6.45, 7) is 0.0501. The summed E-state index contributed by atoms with van der Waals surface area (Å²) in [5.74, 6) is -6.94. The first kappa shape index (κ1) is 22.6. The Hall–Kier alpha value is -3.13. The second-order valence-corrected chi connectivity index (χ2v) is 9.16. The van der Waals surface area contributed by atoms with E-state index >= 15 is 0 Å². The molecular formula is C17H18N2O11S. The normalized spacial score (nSPS) is 29.1. The van der Waals surface area contributed by atoms with Crippen LogP contribution in [0.2, 0.25) is 0 Å². The number of aliphatic carboxylic acids is 1. The van der Waals surface area contributed by atoms with Crippen molar-refractivity contribution in [3.8, 4) is 0 Å². The molecule has 13 nitrogen and oxygen atoms in total. The Morgan fingerprint density at radius 3 is 2.10 bits per heavy atom. The average molecular weight is 458 g/mol. The highest BCUT2D eigenvalue weighted by Gasteiger charge is 2.54. The van der Waals surface area contributed by atoms with Gasteiger partial charge in [-0.2, -0.15) is 8.42 Å². The molecule has 14 heteroatoms. The second kappa shape index (κ2) is 7.85. The lowest BCUT2D eigenvalue weighted by molar-refractivity contribution is -0.209. The monoisotopic (exact) mass is 458 g/mol. The molecule has 0 radical (unpaired) electrons. The number of carbonyl (C=O) groups is 6. The Kier molecular flexibility index (Phi) is 5.71. The highest BCUT2D eigenvalue weighted by atomic mass is 32.2. The van der Waals surface area contributed by atoms with Gasteiger partial charge >= 0.3 is 11.9 Å². The highest BCUT2D eigenvalue weighted by Crippen LogP contribution is 2.41. The third-order valence-electron chi connectivity index (χ3n) is 5.70. The van der Waals surface area contributed by atoms with Crippen LogP contribution in [0.1, 0.15) is 32.1 Å². The maximum atomic E-state index is 12.6. The Morgan fingerprint density at radius 2 is 1.65 bits per heavy atom. The zero-order valence-electron chi connectivity index (χ0n) is 15.9. The molecule has 0 aromatic heterocycles. The van der Waals surface area contributed by atoms with Crippen LogP contribution < -0.4 is 0 Å². The fourth-order valence-corrected chi connectivity index (χ4v) is 4.51. The van der Waals surface area contributed by atoms with Gasteiger partial charge in [-0.3, -0.25) is 33.4 Å². The quantitative estimate of drug-likeness (QED) is 0.271. The van der Waals surface area contributed by atoms with Gasteiger partial charge < -0.3 is 9.94 Å². The van der Waals surface area contributed by atoms with Crippen molar-refractivity contribution in [1.29, 1.82) is 0 Å². The Morgan fingerprint density at radius 1 is 1.10 bits per heavy atom. The summed E-state index contributed by atoms with van der Waals surface area (Å²) in [4.78, 5) is 77.4. The van der Waals surface area contributed by atoms with E-state index < -0.39 is 62.8 Å². The van der Waals surface area contributed by atoms with Crippen LogP contribution >= 0.6 is 0 Å². The Labute approximate surface area is 175 Å². The molecule has 0 aromatic rings. The molecule has 0 aromatic carbocycles. The second-order valence-electron chi connectivity index (χ2n) is 7.56. The standard InChI is InChI=1S/C17H18N2O11S/c20-11-1-2-12(21)18(11)8-9-3-5-17(6-4-9,15(24)25)16(26)30-19-13(22)7-10(14(19)23)31(27,28)29/h1-2,9-10H,3-8H2,(H,24,25)(H,27,28,29). The van der Waals surface area contributed by atoms with E-state index in [-0.39, 0.29) is 43.2 Å². The Balaban J connectivity index is 1.68. The summed E-state index contributed by atoms with van der Waals surface area (Å²) in [5, 5.41) is 7.38. The van der Waals surface area contributed by atoms with Gasteiger partial charge in [0.1, 0.15) is 0 Å². The van der Waals surface area contributed by atoms with Crippen molar-refractivity contribution in [3.63, 3.8) is 0 Å². The van der Waals surface area contributed by atoms with Gasteiger partial charge in [-0.05, 0) is 31.6 Å². The molecule has 3 aliphatic rings. The van der Waals surface area contributed by atoms with E-state index in [2.05, 4.69) is 4.84 Å². The van der Waals surface area contributed by atoms with E-state index in [0.29, 0.717) is 0 Å². The number of hydrogen-bond acceptors (Lipinski definition) is 9. The lowest BCUT2D eigenvalue weighted by Crippen LogP contribution is -2.48. The van der Waals surface area contributed by atoms with Crippen LogP contribution in [0.3, 0.4) is 0 Å². The van der Waals surface area contributed by atoms with Crippen LogP contribution in [0.5, 0.6) is 0 Å². The average Bonchev–Trinajstić information content (AvgIpc) is 3.15. The predicted octanol–water partition coefficient (Wildman–Crippen LogP) is -1.35. The molecule has 2 aliphatic heterocycles. The lowest BCUT2D eigenvalue weighted by atomic mass is 9.70. The first-order valence-electron chi connectivity index (χ1n) is 9.19. The van der Waals surface area contributed by atoms with Crippen LogP contribution in [0.25, 0.3) is 0 Å². The number of hydrogen-bond donors (Lipinski definition) is 2. The van der Waals surface area contributed by atoms with Crippen molar-refractivity contribution in [1.82, 2.24) is 9.96 Å². The van der Waals surface area contributed by atoms with Crippen molar-refractivity contribution >= 4 is 45.7 Å². The van der Waals surface area contributed by atoms with Crippen LogP contribution in [0, 0.1) is 11.3 Å². The zero-order valence-corrected chi connectivity index (χ0v) is 16.7. The third kappa shape index (κ3) is 4.07. The largest absolute Gasteiger partial charge is 0.480 e. The summed E-state index contributed by atoms with van der Waals surface area (Å²) in [7, 11) is -4.92. The molecule has 168 valence electrons. The van der Waals surface area contributed by atoms with Crippen LogP contribution in [-0.2, 0) is 43.7 Å². The number of carboxylic acid groups (broad SMARTS) is 1. The maximum Gasteiger partial charge on any atom is 0.350 e. The van der Waals surface area contributed by atoms with Crippen LogP contribution in [0.4, 0.5) is 0 Å². The SMILES string of the molecule is O=C1C=CC(=O)N1CC1CCC(C(=O)O)(C(=O)ON2C(=O)CC(S(=O)(=O)O)C2=O)CC1. The molecule has 1 unspecified atom stereocenters. The molecule has 1 saturated heterocycles. The van der Waals surface area contributed by atoms with E-state index in [1.54, 1.807) is 0 Å². The lowest BCUT2D eigenvalue weighted by Gasteiger charge is -2.36. The summed E-state index contributed by atoms with van der Waals surface area (Å²) in [6, 6.07) is 0. The van der Waals surface area contributed by atoms with E-state index in [4.69, 9.17) is 4.55 Å². The summed E-state index contributed by atoms with van der Waals surface area (Å²) in [5.41, 5.74) is -2.11. The van der Waals surface area contributed by atoms with Crippen LogP contribution in [0.15, 0.2) is 12.2 Å². The summed E-state index contributed by atoms with van der Waals surface area (Å²) in [6.07, 6.45) is 1.05. The Bertz CT molecular complexity index is 989. The van der Waals surface area contributed by atoms with Crippen LogP contribution in [-0.4, -0.2) is 75.4 Å². The first-order chi connectivity index (χ1) is 14.4. The van der Waals surface area contributed by atoms with E-state index in [9.17, 15) is 42.3 Å². The fourth-order valence-electron chi connectivity index (χ4n) is 3.81. The smallest absolute Gasteiger partial charge is 0.350 e. The van der Waals surface area contributed by atoms with Crippen molar-refractivity contribution in [2.45, 2.75) is 37.4 Å². The van der Waals surface area contributed by atoms with Gasteiger partial charge in [0.2, 0.25) is 0 Å². The van der Waals surface area contributed by atoms with Crippen molar-refractivity contribution < 1.29 is 51.7 Å². The number of rotatable bonds is 6. The summed E-state index contributed by atoms with van der Waals surface area (Å²) < 4.78 is 31.4. The van der Waals surface area contributed by atoms with E-state index in [0.717, 1.165) is 17.1 Å². The zero-order chi connectivity index (χ0) is 23.1. The van der Waals surface area contributed by atoms with Gasteiger partial charge in [0.15, 0.2) is 10.7 Å². The van der Waals surface area contributed by atoms with E-state index in [1.165, 1.54) is 0 Å². The number of imide groups is 2. The van der Waals surface area contributed by atoms with Crippen molar-refractivity contribution in [2.75, 3.05) is 6.54 Å². The highest BCUT2D eigenvalue weighted by molar-refractivity contribution is 7.87. The van der Waals surface area contributed by atoms with Crippen molar-refractivity contribution in [3.05, 3.63) is 12.2 Å². The fraction of sp³-hybridized carbons (Fsp3) is 0.529. The van der Waals surface area contributed by atoms with Gasteiger partial charge in [-0.1, -0.05) is 0 Å². The summed E-state index contributed by atoms with van der Waals surface area (Å²) >= 11 is 0. The number of carbonyl (C=O) groups excluding carboxylic acids is 5. The minimum absolute atomic E-state index is 0.0501. The molecule has 2 fully saturated rings. The molecule has 2 heterocycles. The molecular weight excluding hydrogens is 440 g/mol. The van der Waals surface area contributed by atoms with Gasteiger partial charge in [0, 0.05) is 18.7 Å². The number of carboxylic acids is 1.